The van der Waals surface area contributed by atoms with Crippen LogP contribution in [0.25, 0.3) is 0 Å². The topological polar surface area (TPSA) is 42.0 Å². The number of anilines is 1. The Balaban J connectivity index is 2.67. The molecule has 0 aliphatic heterocycles. The Morgan fingerprint density at radius 1 is 1.50 bits per heavy atom. The van der Waals surface area contributed by atoms with Crippen molar-refractivity contribution in [3.63, 3.8) is 0 Å². The maximum Gasteiger partial charge on any atom is 0.226 e. The predicted octanol–water partition coefficient (Wildman–Crippen LogP) is 3.53. The molecular weight excluding hydrogens is 268 g/mol. The van der Waals surface area contributed by atoms with Crippen molar-refractivity contribution in [2.75, 3.05) is 5.32 Å². The zero-order chi connectivity index (χ0) is 12.3. The van der Waals surface area contributed by atoms with Crippen LogP contribution in [0.5, 0.6) is 0 Å². The van der Waals surface area contributed by atoms with Gasteiger partial charge in [-0.1, -0.05) is 20.8 Å². The number of carbonyl (C=O) groups excluding carboxylic acids is 1. The largest absolute Gasteiger partial charge is 0.311 e. The van der Waals surface area contributed by atoms with Gasteiger partial charge in [-0.05, 0) is 39.9 Å². The smallest absolute Gasteiger partial charge is 0.226 e. The molecule has 0 bridgehead atoms. The van der Waals surface area contributed by atoms with Crippen LogP contribution in [0.3, 0.4) is 0 Å². The number of nitrogens with zero attached hydrogens (tertiary/aromatic N) is 1. The van der Waals surface area contributed by atoms with Crippen molar-refractivity contribution >= 4 is 27.7 Å². The number of aryl methyl sites for hydroxylation is 1. The summed E-state index contributed by atoms with van der Waals surface area (Å²) in [5.41, 5.74) is 1.05. The molecule has 3 nitrogen and oxygen atoms in total. The van der Waals surface area contributed by atoms with Crippen molar-refractivity contribution in [1.82, 2.24) is 4.98 Å². The second-order valence-electron chi connectivity index (χ2n) is 5.10. The Hall–Kier alpha value is -0.900. The molecule has 0 aliphatic rings. The van der Waals surface area contributed by atoms with E-state index in [1.165, 1.54) is 0 Å². The molecule has 16 heavy (non-hydrogen) atoms. The third-order valence-electron chi connectivity index (χ3n) is 2.01. The zero-order valence-electron chi connectivity index (χ0n) is 10.1. The third kappa shape index (κ3) is 4.31. The van der Waals surface area contributed by atoms with E-state index in [4.69, 9.17) is 0 Å². The van der Waals surface area contributed by atoms with E-state index in [1.807, 2.05) is 33.8 Å². The van der Waals surface area contributed by atoms with Crippen molar-refractivity contribution in [2.24, 2.45) is 5.41 Å². The van der Waals surface area contributed by atoms with Crippen LogP contribution in [-0.4, -0.2) is 10.9 Å². The van der Waals surface area contributed by atoms with Crippen LogP contribution in [0.2, 0.25) is 0 Å². The van der Waals surface area contributed by atoms with Gasteiger partial charge in [0.25, 0.3) is 0 Å². The Labute approximate surface area is 105 Å². The first-order valence-electron chi connectivity index (χ1n) is 5.20. The second kappa shape index (κ2) is 4.95. The van der Waals surface area contributed by atoms with Crippen LogP contribution in [-0.2, 0) is 4.79 Å². The Morgan fingerprint density at radius 3 is 2.62 bits per heavy atom. The highest BCUT2D eigenvalue weighted by Crippen LogP contribution is 2.20. The lowest BCUT2D eigenvalue weighted by molar-refractivity contribution is -0.117. The fourth-order valence-corrected chi connectivity index (χ4v) is 1.49. The zero-order valence-corrected chi connectivity index (χ0v) is 11.7. The molecule has 0 aromatic carbocycles. The van der Waals surface area contributed by atoms with Crippen molar-refractivity contribution in [1.29, 1.82) is 0 Å². The molecule has 0 saturated heterocycles. The average molecular weight is 285 g/mol. The fraction of sp³-hybridized carbons (Fsp3) is 0.500. The number of nitrogens with one attached hydrogen (secondary N) is 1. The molecule has 0 spiro atoms. The van der Waals surface area contributed by atoms with E-state index < -0.39 is 0 Å². The number of hydrogen-bond acceptors (Lipinski definition) is 2. The Kier molecular flexibility index (Phi) is 4.08. The summed E-state index contributed by atoms with van der Waals surface area (Å²) in [5.74, 6) is 0.608. The Bertz CT molecular complexity index is 396. The molecule has 0 unspecified atom stereocenters. The minimum Gasteiger partial charge on any atom is -0.311 e. The van der Waals surface area contributed by atoms with Gasteiger partial charge in [0.1, 0.15) is 5.82 Å². The molecule has 1 aromatic heterocycles. The van der Waals surface area contributed by atoms with Gasteiger partial charge in [-0.2, -0.15) is 0 Å². The van der Waals surface area contributed by atoms with Crippen molar-refractivity contribution in [3.05, 3.63) is 22.3 Å². The molecule has 1 heterocycles. The van der Waals surface area contributed by atoms with Gasteiger partial charge in [-0.25, -0.2) is 4.98 Å². The van der Waals surface area contributed by atoms with Gasteiger partial charge < -0.3 is 5.32 Å². The number of amides is 1. The number of pyridine rings is 1. The molecule has 0 aliphatic carbocycles. The number of rotatable bonds is 2. The van der Waals surface area contributed by atoms with Crippen LogP contribution in [0.4, 0.5) is 5.82 Å². The standard InChI is InChI=1S/C12H17BrN2O/c1-8-5-10(14-7-9(8)13)15-11(16)6-12(2,3)4/h5,7H,6H2,1-4H3,(H,14,15,16). The van der Waals surface area contributed by atoms with Gasteiger partial charge in [0.2, 0.25) is 5.91 Å². The highest BCUT2D eigenvalue weighted by molar-refractivity contribution is 9.10. The van der Waals surface area contributed by atoms with Crippen molar-refractivity contribution in [2.45, 2.75) is 34.1 Å². The summed E-state index contributed by atoms with van der Waals surface area (Å²) in [6.45, 7) is 8.07. The van der Waals surface area contributed by atoms with Gasteiger partial charge in [-0.15, -0.1) is 0 Å². The SMILES string of the molecule is Cc1cc(NC(=O)CC(C)(C)C)ncc1Br. The fourth-order valence-electron chi connectivity index (χ4n) is 1.28. The summed E-state index contributed by atoms with van der Waals surface area (Å²) in [6, 6.07) is 1.85. The number of aromatic nitrogens is 1. The first-order valence-corrected chi connectivity index (χ1v) is 5.99. The maximum absolute atomic E-state index is 11.7. The van der Waals surface area contributed by atoms with E-state index >= 15 is 0 Å². The van der Waals surface area contributed by atoms with E-state index in [1.54, 1.807) is 6.20 Å². The molecule has 0 radical (unpaired) electrons. The van der Waals surface area contributed by atoms with Gasteiger partial charge in [0.15, 0.2) is 0 Å². The van der Waals surface area contributed by atoms with Crippen molar-refractivity contribution < 1.29 is 4.79 Å². The highest BCUT2D eigenvalue weighted by atomic mass is 79.9. The normalized spacial score (nSPS) is 11.3. The summed E-state index contributed by atoms with van der Waals surface area (Å²) < 4.78 is 0.946. The van der Waals surface area contributed by atoms with Gasteiger partial charge >= 0.3 is 0 Å². The second-order valence-corrected chi connectivity index (χ2v) is 5.96. The van der Waals surface area contributed by atoms with Gasteiger partial charge in [-0.3, -0.25) is 4.79 Å². The molecule has 1 aromatic rings. The van der Waals surface area contributed by atoms with Gasteiger partial charge in [0, 0.05) is 17.1 Å². The molecule has 0 atom stereocenters. The van der Waals surface area contributed by atoms with Crippen LogP contribution in [0.15, 0.2) is 16.7 Å². The van der Waals surface area contributed by atoms with Crippen LogP contribution < -0.4 is 5.32 Å². The lowest BCUT2D eigenvalue weighted by atomic mass is 9.92. The summed E-state index contributed by atoms with van der Waals surface area (Å²) in [4.78, 5) is 15.8. The monoisotopic (exact) mass is 284 g/mol. The lowest BCUT2D eigenvalue weighted by Crippen LogP contribution is -2.20. The molecule has 1 rings (SSSR count). The minimum absolute atomic E-state index is 0.00159. The molecule has 1 N–H and O–H groups in total. The molecule has 88 valence electrons. The average Bonchev–Trinajstić information content (AvgIpc) is 2.08. The number of halogens is 1. The van der Waals surface area contributed by atoms with Crippen LogP contribution in [0, 0.1) is 12.3 Å². The maximum atomic E-state index is 11.7. The first-order chi connectivity index (χ1) is 7.28. The van der Waals surface area contributed by atoms with E-state index in [9.17, 15) is 4.79 Å². The highest BCUT2D eigenvalue weighted by Gasteiger charge is 2.16. The van der Waals surface area contributed by atoms with E-state index in [2.05, 4.69) is 26.2 Å². The van der Waals surface area contributed by atoms with Crippen molar-refractivity contribution in [3.8, 4) is 0 Å². The Morgan fingerprint density at radius 2 is 2.12 bits per heavy atom. The summed E-state index contributed by atoms with van der Waals surface area (Å²) in [6.07, 6.45) is 2.19. The minimum atomic E-state index is -0.00546. The number of hydrogen-bond donors (Lipinski definition) is 1. The molecule has 4 heteroatoms. The lowest BCUT2D eigenvalue weighted by Gasteiger charge is -2.17. The molecule has 1 amide bonds. The molecular formula is C12H17BrN2O. The molecule has 0 saturated carbocycles. The van der Waals surface area contributed by atoms with E-state index in [0.717, 1.165) is 10.0 Å². The van der Waals surface area contributed by atoms with Gasteiger partial charge in [0.05, 0.1) is 0 Å². The summed E-state index contributed by atoms with van der Waals surface area (Å²) in [7, 11) is 0. The third-order valence-corrected chi connectivity index (χ3v) is 2.84. The summed E-state index contributed by atoms with van der Waals surface area (Å²) >= 11 is 3.37. The summed E-state index contributed by atoms with van der Waals surface area (Å²) in [5, 5.41) is 2.80. The number of carbonyl (C=O) groups is 1. The quantitative estimate of drug-likeness (QED) is 0.903. The first kappa shape index (κ1) is 13.2. The van der Waals surface area contributed by atoms with E-state index in [-0.39, 0.29) is 11.3 Å². The van der Waals surface area contributed by atoms with Crippen LogP contribution >= 0.6 is 15.9 Å². The van der Waals surface area contributed by atoms with Crippen LogP contribution in [0.1, 0.15) is 32.8 Å². The van der Waals surface area contributed by atoms with E-state index in [0.29, 0.717) is 12.2 Å². The molecule has 0 fully saturated rings. The predicted molar refractivity (Wildman–Crippen MR) is 69.4 cm³/mol.